The Morgan fingerprint density at radius 3 is 2.42 bits per heavy atom. The topological polar surface area (TPSA) is 50.2 Å². The van der Waals surface area contributed by atoms with Crippen LogP contribution in [-0.2, 0) is 4.79 Å². The van der Waals surface area contributed by atoms with Gasteiger partial charge in [-0.2, -0.15) is 0 Å². The third-order valence-corrected chi connectivity index (χ3v) is 4.92. The Labute approximate surface area is 156 Å². The van der Waals surface area contributed by atoms with Gasteiger partial charge in [0, 0.05) is 22.8 Å². The SMILES string of the molecule is CC(C)Sc1cccc(-c2cc(F)c(C(C)CCCC(=O)O)c(F)c2)n1. The fraction of sp³-hybridized carbons (Fsp3) is 0.400. The first-order valence-electron chi connectivity index (χ1n) is 8.62. The van der Waals surface area contributed by atoms with E-state index in [9.17, 15) is 13.6 Å². The van der Waals surface area contributed by atoms with Crippen LogP contribution in [0.4, 0.5) is 8.78 Å². The molecule has 0 amide bonds. The number of hydrogen-bond donors (Lipinski definition) is 1. The molecule has 2 rings (SSSR count). The lowest BCUT2D eigenvalue weighted by molar-refractivity contribution is -0.137. The van der Waals surface area contributed by atoms with Crippen molar-refractivity contribution in [1.82, 2.24) is 4.98 Å². The number of pyridine rings is 1. The average Bonchev–Trinajstić information content (AvgIpc) is 2.53. The highest BCUT2D eigenvalue weighted by atomic mass is 32.2. The van der Waals surface area contributed by atoms with Gasteiger partial charge in [0.25, 0.3) is 0 Å². The summed E-state index contributed by atoms with van der Waals surface area (Å²) in [5, 5.41) is 9.86. The van der Waals surface area contributed by atoms with Crippen molar-refractivity contribution < 1.29 is 18.7 Å². The molecule has 0 aliphatic carbocycles. The number of halogens is 2. The van der Waals surface area contributed by atoms with E-state index in [1.807, 2.05) is 12.1 Å². The lowest BCUT2D eigenvalue weighted by atomic mass is 9.93. The van der Waals surface area contributed by atoms with Gasteiger partial charge in [0.1, 0.15) is 11.6 Å². The number of benzene rings is 1. The number of rotatable bonds is 8. The minimum absolute atomic E-state index is 0.00408. The molecule has 0 aliphatic rings. The number of carboxylic acids is 1. The molecular formula is C20H23F2NO2S. The lowest BCUT2D eigenvalue weighted by Crippen LogP contribution is -2.04. The van der Waals surface area contributed by atoms with E-state index in [2.05, 4.69) is 18.8 Å². The zero-order chi connectivity index (χ0) is 19.3. The van der Waals surface area contributed by atoms with Crippen LogP contribution in [0.25, 0.3) is 11.3 Å². The molecule has 1 aromatic heterocycles. The highest BCUT2D eigenvalue weighted by Gasteiger charge is 2.19. The third kappa shape index (κ3) is 5.53. The molecule has 140 valence electrons. The Morgan fingerprint density at radius 1 is 1.19 bits per heavy atom. The van der Waals surface area contributed by atoms with Gasteiger partial charge < -0.3 is 5.11 Å². The molecule has 1 atom stereocenters. The van der Waals surface area contributed by atoms with E-state index in [0.717, 1.165) is 5.03 Å². The summed E-state index contributed by atoms with van der Waals surface area (Å²) in [7, 11) is 0. The van der Waals surface area contributed by atoms with E-state index in [1.165, 1.54) is 12.1 Å². The molecule has 26 heavy (non-hydrogen) atoms. The molecule has 0 saturated heterocycles. The first kappa shape index (κ1) is 20.4. The quantitative estimate of drug-likeness (QED) is 0.581. The number of nitrogens with zero attached hydrogens (tertiary/aromatic N) is 1. The molecular weight excluding hydrogens is 356 g/mol. The molecule has 1 N–H and O–H groups in total. The van der Waals surface area contributed by atoms with Gasteiger partial charge in [-0.1, -0.05) is 26.8 Å². The number of aromatic nitrogens is 1. The molecule has 1 unspecified atom stereocenters. The summed E-state index contributed by atoms with van der Waals surface area (Å²) in [6.45, 7) is 5.82. The van der Waals surface area contributed by atoms with Crippen LogP contribution in [0.1, 0.15) is 51.5 Å². The first-order valence-corrected chi connectivity index (χ1v) is 9.50. The molecule has 3 nitrogen and oxygen atoms in total. The van der Waals surface area contributed by atoms with E-state index in [1.54, 1.807) is 24.8 Å². The highest BCUT2D eigenvalue weighted by molar-refractivity contribution is 7.99. The predicted octanol–water partition coefficient (Wildman–Crippen LogP) is 5.89. The van der Waals surface area contributed by atoms with Gasteiger partial charge in [0.15, 0.2) is 0 Å². The highest BCUT2D eigenvalue weighted by Crippen LogP contribution is 2.31. The molecule has 2 aromatic rings. The van der Waals surface area contributed by atoms with Crippen molar-refractivity contribution in [3.63, 3.8) is 0 Å². The van der Waals surface area contributed by atoms with E-state index in [4.69, 9.17) is 5.11 Å². The van der Waals surface area contributed by atoms with Gasteiger partial charge in [-0.15, -0.1) is 11.8 Å². The number of aliphatic carboxylic acids is 1. The largest absolute Gasteiger partial charge is 0.481 e. The molecule has 0 aliphatic heterocycles. The van der Waals surface area contributed by atoms with Gasteiger partial charge in [0.05, 0.1) is 10.7 Å². The molecule has 1 heterocycles. The van der Waals surface area contributed by atoms with Crippen molar-refractivity contribution >= 4 is 17.7 Å². The summed E-state index contributed by atoms with van der Waals surface area (Å²) in [6.07, 6.45) is 0.793. The summed E-state index contributed by atoms with van der Waals surface area (Å²) in [5.74, 6) is -2.53. The van der Waals surface area contributed by atoms with Gasteiger partial charge >= 0.3 is 5.97 Å². The number of carbonyl (C=O) groups is 1. The number of carboxylic acid groups (broad SMARTS) is 1. The number of thioether (sulfide) groups is 1. The lowest BCUT2D eigenvalue weighted by Gasteiger charge is -2.15. The second-order valence-electron chi connectivity index (χ2n) is 6.57. The van der Waals surface area contributed by atoms with Gasteiger partial charge in [-0.3, -0.25) is 4.79 Å². The minimum atomic E-state index is -0.904. The molecule has 0 spiro atoms. The summed E-state index contributed by atoms with van der Waals surface area (Å²) in [5.41, 5.74) is 0.929. The Balaban J connectivity index is 2.24. The Bertz CT molecular complexity index is 757. The standard InChI is InChI=1S/C20H23F2NO2S/c1-12(2)26-18-8-5-7-17(23-18)14-10-15(21)20(16(22)11-14)13(3)6-4-9-19(24)25/h5,7-8,10-13H,4,6,9H2,1-3H3,(H,24,25). The third-order valence-electron chi connectivity index (χ3n) is 3.98. The van der Waals surface area contributed by atoms with Gasteiger partial charge in [-0.25, -0.2) is 13.8 Å². The Morgan fingerprint density at radius 2 is 1.85 bits per heavy atom. The Hall–Kier alpha value is -1.95. The van der Waals surface area contributed by atoms with Gasteiger partial charge in [-0.05, 0) is 43.0 Å². The van der Waals surface area contributed by atoms with E-state index in [-0.39, 0.29) is 17.9 Å². The fourth-order valence-electron chi connectivity index (χ4n) is 2.79. The predicted molar refractivity (Wildman–Crippen MR) is 100 cm³/mol. The maximum absolute atomic E-state index is 14.6. The number of hydrogen-bond acceptors (Lipinski definition) is 3. The smallest absolute Gasteiger partial charge is 0.303 e. The van der Waals surface area contributed by atoms with E-state index >= 15 is 0 Å². The monoisotopic (exact) mass is 379 g/mol. The van der Waals surface area contributed by atoms with Crippen LogP contribution in [0.5, 0.6) is 0 Å². The van der Waals surface area contributed by atoms with Crippen LogP contribution in [0.2, 0.25) is 0 Å². The van der Waals surface area contributed by atoms with Crippen molar-refractivity contribution in [2.45, 2.75) is 56.2 Å². The molecule has 0 saturated carbocycles. The van der Waals surface area contributed by atoms with E-state index < -0.39 is 17.6 Å². The van der Waals surface area contributed by atoms with Crippen molar-refractivity contribution in [2.24, 2.45) is 0 Å². The second-order valence-corrected chi connectivity index (χ2v) is 8.17. The summed E-state index contributed by atoms with van der Waals surface area (Å²) >= 11 is 1.59. The summed E-state index contributed by atoms with van der Waals surface area (Å²) in [6, 6.07) is 8.04. The zero-order valence-corrected chi connectivity index (χ0v) is 15.9. The first-order chi connectivity index (χ1) is 12.3. The maximum atomic E-state index is 14.6. The summed E-state index contributed by atoms with van der Waals surface area (Å²) in [4.78, 5) is 15.1. The second kappa shape index (κ2) is 9.12. The average molecular weight is 379 g/mol. The van der Waals surface area contributed by atoms with Crippen LogP contribution in [-0.4, -0.2) is 21.3 Å². The molecule has 1 aromatic carbocycles. The van der Waals surface area contributed by atoms with Gasteiger partial charge in [0.2, 0.25) is 0 Å². The maximum Gasteiger partial charge on any atom is 0.303 e. The normalized spacial score (nSPS) is 12.4. The van der Waals surface area contributed by atoms with E-state index in [0.29, 0.717) is 29.3 Å². The van der Waals surface area contributed by atoms with Crippen molar-refractivity contribution in [3.8, 4) is 11.3 Å². The van der Waals surface area contributed by atoms with Crippen LogP contribution in [0, 0.1) is 11.6 Å². The van der Waals surface area contributed by atoms with Crippen LogP contribution in [0.3, 0.4) is 0 Å². The van der Waals surface area contributed by atoms with Crippen molar-refractivity contribution in [2.75, 3.05) is 0 Å². The Kier molecular flexibility index (Phi) is 7.14. The molecule has 0 fully saturated rings. The van der Waals surface area contributed by atoms with Crippen molar-refractivity contribution in [1.29, 1.82) is 0 Å². The fourth-order valence-corrected chi connectivity index (χ4v) is 3.58. The minimum Gasteiger partial charge on any atom is -0.481 e. The molecule has 0 bridgehead atoms. The van der Waals surface area contributed by atoms with Crippen LogP contribution >= 0.6 is 11.8 Å². The van der Waals surface area contributed by atoms with Crippen LogP contribution in [0.15, 0.2) is 35.4 Å². The van der Waals surface area contributed by atoms with Crippen LogP contribution < -0.4 is 0 Å². The van der Waals surface area contributed by atoms with Crippen molar-refractivity contribution in [3.05, 3.63) is 47.5 Å². The molecule has 0 radical (unpaired) electrons. The zero-order valence-electron chi connectivity index (χ0n) is 15.1. The summed E-state index contributed by atoms with van der Waals surface area (Å²) < 4.78 is 29.1. The molecule has 6 heteroatoms.